The predicted molar refractivity (Wildman–Crippen MR) is 78.3 cm³/mol. The molecular weight excluding hydrogens is 254 g/mol. The van der Waals surface area contributed by atoms with Crippen molar-refractivity contribution in [2.75, 3.05) is 7.11 Å². The van der Waals surface area contributed by atoms with Crippen molar-refractivity contribution in [3.05, 3.63) is 58.5 Å². The van der Waals surface area contributed by atoms with Gasteiger partial charge in [-0.2, -0.15) is 0 Å². The van der Waals surface area contributed by atoms with Gasteiger partial charge in [-0.25, -0.2) is 0 Å². The van der Waals surface area contributed by atoms with Crippen molar-refractivity contribution < 1.29 is 9.53 Å². The van der Waals surface area contributed by atoms with E-state index in [1.165, 1.54) is 6.08 Å². The summed E-state index contributed by atoms with van der Waals surface area (Å²) in [7, 11) is 1.63. The van der Waals surface area contributed by atoms with Crippen LogP contribution >= 0.6 is 0 Å². The Morgan fingerprint density at radius 2 is 1.95 bits per heavy atom. The predicted octanol–water partition coefficient (Wildman–Crippen LogP) is 4.09. The molecule has 0 aromatic heterocycles. The molecule has 5 heteroatoms. The van der Waals surface area contributed by atoms with E-state index in [4.69, 9.17) is 10.3 Å². The highest BCUT2D eigenvalue weighted by molar-refractivity contribution is 5.96. The second kappa shape index (κ2) is 5.91. The number of nitrogens with zero attached hydrogens (tertiary/aromatic N) is 3. The third-order valence-electron chi connectivity index (χ3n) is 2.99. The Labute approximate surface area is 116 Å². The second-order valence-corrected chi connectivity index (χ2v) is 4.28. The first-order valence-electron chi connectivity index (χ1n) is 5.99. The molecule has 2 rings (SSSR count). The molecule has 0 atom stereocenters. The fourth-order valence-electron chi connectivity index (χ4n) is 1.94. The van der Waals surface area contributed by atoms with Crippen LogP contribution < -0.4 is 4.74 Å². The van der Waals surface area contributed by atoms with Crippen molar-refractivity contribution in [2.45, 2.75) is 6.92 Å². The van der Waals surface area contributed by atoms with Crippen LogP contribution in [0.5, 0.6) is 5.75 Å². The zero-order chi connectivity index (χ0) is 14.5. The molecule has 0 aliphatic rings. The van der Waals surface area contributed by atoms with Gasteiger partial charge >= 0.3 is 0 Å². The Morgan fingerprint density at radius 3 is 2.65 bits per heavy atom. The van der Waals surface area contributed by atoms with Crippen LogP contribution in [0.1, 0.15) is 12.5 Å². The molecule has 0 fully saturated rings. The van der Waals surface area contributed by atoms with Gasteiger partial charge in [0.1, 0.15) is 5.75 Å². The first-order chi connectivity index (χ1) is 9.63. The standard InChI is InChI=1S/C15H13N3O2/c1-10(7-15(19)17-18-16)11-3-4-13-9-14(20-2)6-5-12(13)8-11/h3-9H,1-2H3/b10-7+. The number of ether oxygens (including phenoxy) is 1. The van der Waals surface area contributed by atoms with Crippen LogP contribution in [0.4, 0.5) is 0 Å². The lowest BCUT2D eigenvalue weighted by Crippen LogP contribution is -1.88. The van der Waals surface area contributed by atoms with Gasteiger partial charge in [-0.15, -0.1) is 0 Å². The maximum atomic E-state index is 11.3. The lowest BCUT2D eigenvalue weighted by Gasteiger charge is -2.06. The fraction of sp³-hybridized carbons (Fsp3) is 0.133. The Morgan fingerprint density at radius 1 is 1.25 bits per heavy atom. The summed E-state index contributed by atoms with van der Waals surface area (Å²) in [5, 5.41) is 5.13. The molecule has 0 saturated carbocycles. The number of carbonyl (C=O) groups excluding carboxylic acids is 1. The van der Waals surface area contributed by atoms with Crippen molar-refractivity contribution >= 4 is 22.3 Å². The van der Waals surface area contributed by atoms with Gasteiger partial charge in [0.25, 0.3) is 0 Å². The smallest absolute Gasteiger partial charge is 0.242 e. The van der Waals surface area contributed by atoms with Crippen LogP contribution in [0.2, 0.25) is 0 Å². The van der Waals surface area contributed by atoms with Crippen LogP contribution in [-0.2, 0) is 4.79 Å². The van der Waals surface area contributed by atoms with Crippen LogP contribution in [0.15, 0.2) is 47.6 Å². The number of azide groups is 1. The molecular formula is C15H13N3O2. The lowest BCUT2D eigenvalue weighted by molar-refractivity contribution is -0.113. The Hall–Kier alpha value is -2.78. The van der Waals surface area contributed by atoms with E-state index in [0.717, 1.165) is 27.7 Å². The van der Waals surface area contributed by atoms with E-state index in [1.807, 2.05) is 36.4 Å². The van der Waals surface area contributed by atoms with Gasteiger partial charge in [-0.05, 0) is 63.8 Å². The largest absolute Gasteiger partial charge is 0.497 e. The summed E-state index contributed by atoms with van der Waals surface area (Å²) in [6, 6.07) is 11.6. The molecule has 0 bridgehead atoms. The molecule has 0 spiro atoms. The quantitative estimate of drug-likeness (QED) is 0.363. The number of amides is 1. The van der Waals surface area contributed by atoms with Crippen molar-refractivity contribution in [3.8, 4) is 5.75 Å². The summed E-state index contributed by atoms with van der Waals surface area (Å²) in [6.45, 7) is 1.80. The Kier molecular flexibility index (Phi) is 4.03. The third-order valence-corrected chi connectivity index (χ3v) is 2.99. The van der Waals surface area contributed by atoms with Gasteiger partial charge < -0.3 is 4.74 Å². The number of allylic oxidation sites excluding steroid dienone is 1. The second-order valence-electron chi connectivity index (χ2n) is 4.28. The van der Waals surface area contributed by atoms with Gasteiger partial charge in [-0.1, -0.05) is 18.2 Å². The summed E-state index contributed by atoms with van der Waals surface area (Å²) >= 11 is 0. The SMILES string of the molecule is COc1ccc2cc(/C(C)=C/C(=O)N=[N+]=[N-])ccc2c1. The normalized spacial score (nSPS) is 11.0. The first-order valence-corrected chi connectivity index (χ1v) is 5.99. The van der Waals surface area contributed by atoms with E-state index >= 15 is 0 Å². The van der Waals surface area contributed by atoms with Crippen LogP contribution in [0.25, 0.3) is 26.8 Å². The van der Waals surface area contributed by atoms with Gasteiger partial charge in [0.05, 0.1) is 7.11 Å². The molecule has 2 aromatic carbocycles. The lowest BCUT2D eigenvalue weighted by atomic mass is 10.0. The number of fused-ring (bicyclic) bond motifs is 1. The molecule has 1 amide bonds. The van der Waals surface area contributed by atoms with Gasteiger partial charge in [0, 0.05) is 4.91 Å². The van der Waals surface area contributed by atoms with Crippen molar-refractivity contribution in [1.29, 1.82) is 0 Å². The maximum absolute atomic E-state index is 11.3. The molecule has 0 unspecified atom stereocenters. The minimum atomic E-state index is -0.597. The van der Waals surface area contributed by atoms with E-state index in [1.54, 1.807) is 14.0 Å². The zero-order valence-electron chi connectivity index (χ0n) is 11.2. The molecule has 0 saturated heterocycles. The molecule has 0 heterocycles. The highest BCUT2D eigenvalue weighted by atomic mass is 16.5. The monoisotopic (exact) mass is 267 g/mol. The molecule has 2 aromatic rings. The summed E-state index contributed by atoms with van der Waals surface area (Å²) in [5.74, 6) is 0.205. The number of rotatable bonds is 3. The van der Waals surface area contributed by atoms with Crippen molar-refractivity contribution in [1.82, 2.24) is 0 Å². The minimum absolute atomic E-state index is 0.597. The van der Waals surface area contributed by atoms with E-state index in [9.17, 15) is 4.79 Å². The highest BCUT2D eigenvalue weighted by Crippen LogP contribution is 2.24. The Balaban J connectivity index is 2.41. The maximum Gasteiger partial charge on any atom is 0.242 e. The highest BCUT2D eigenvalue weighted by Gasteiger charge is 2.02. The number of hydrogen-bond donors (Lipinski definition) is 0. The molecule has 20 heavy (non-hydrogen) atoms. The Bertz CT molecular complexity index is 744. The van der Waals surface area contributed by atoms with Gasteiger partial charge in [-0.3, -0.25) is 4.79 Å². The topological polar surface area (TPSA) is 75.1 Å². The molecule has 0 aliphatic carbocycles. The van der Waals surface area contributed by atoms with E-state index in [2.05, 4.69) is 10.0 Å². The van der Waals surface area contributed by atoms with Crippen molar-refractivity contribution in [3.63, 3.8) is 0 Å². The van der Waals surface area contributed by atoms with E-state index in [0.29, 0.717) is 0 Å². The number of carbonyl (C=O) groups is 1. The summed E-state index contributed by atoms with van der Waals surface area (Å²) in [6.07, 6.45) is 1.32. The summed E-state index contributed by atoms with van der Waals surface area (Å²) < 4.78 is 5.18. The molecule has 0 radical (unpaired) electrons. The van der Waals surface area contributed by atoms with E-state index < -0.39 is 5.91 Å². The fourth-order valence-corrected chi connectivity index (χ4v) is 1.94. The molecule has 100 valence electrons. The van der Waals surface area contributed by atoms with Gasteiger partial charge in [0.15, 0.2) is 0 Å². The van der Waals surface area contributed by atoms with Crippen LogP contribution in [-0.4, -0.2) is 13.0 Å². The molecule has 0 aliphatic heterocycles. The number of hydrogen-bond acceptors (Lipinski definition) is 2. The van der Waals surface area contributed by atoms with Gasteiger partial charge in [0.2, 0.25) is 5.91 Å². The first kappa shape index (κ1) is 13.6. The molecule has 5 nitrogen and oxygen atoms in total. The third kappa shape index (κ3) is 2.96. The average molecular weight is 267 g/mol. The van der Waals surface area contributed by atoms with Crippen LogP contribution in [0, 0.1) is 0 Å². The van der Waals surface area contributed by atoms with E-state index in [-0.39, 0.29) is 0 Å². The average Bonchev–Trinajstić information content (AvgIpc) is 2.46. The van der Waals surface area contributed by atoms with Crippen molar-refractivity contribution in [2.24, 2.45) is 5.11 Å². The minimum Gasteiger partial charge on any atom is -0.497 e. The molecule has 0 N–H and O–H groups in total. The summed E-state index contributed by atoms with van der Waals surface area (Å²) in [5.41, 5.74) is 9.86. The number of benzene rings is 2. The van der Waals surface area contributed by atoms with Crippen LogP contribution in [0.3, 0.4) is 0 Å². The summed E-state index contributed by atoms with van der Waals surface area (Å²) in [4.78, 5) is 13.7. The zero-order valence-corrected chi connectivity index (χ0v) is 11.2. The number of methoxy groups -OCH3 is 1.